The molecule has 0 unspecified atom stereocenters. The highest BCUT2D eigenvalue weighted by molar-refractivity contribution is 5.94. The van der Waals surface area contributed by atoms with Gasteiger partial charge in [0.25, 0.3) is 5.91 Å². The van der Waals surface area contributed by atoms with E-state index in [1.54, 1.807) is 25.3 Å². The second-order valence-corrected chi connectivity index (χ2v) is 4.19. The largest absolute Gasteiger partial charge is 0.457 e. The molecule has 0 aliphatic carbocycles. The predicted octanol–water partition coefficient (Wildman–Crippen LogP) is 2.86. The van der Waals surface area contributed by atoms with Crippen molar-refractivity contribution >= 4 is 5.91 Å². The summed E-state index contributed by atoms with van der Waals surface area (Å²) < 4.78 is 10.6. The van der Waals surface area contributed by atoms with E-state index in [1.807, 2.05) is 36.4 Å². The summed E-state index contributed by atoms with van der Waals surface area (Å²) in [6.07, 6.45) is 0. The number of hydrogen-bond acceptors (Lipinski definition) is 3. The first-order valence-corrected chi connectivity index (χ1v) is 6.39. The van der Waals surface area contributed by atoms with Crippen LogP contribution in [-0.4, -0.2) is 26.2 Å². The van der Waals surface area contributed by atoms with Gasteiger partial charge in [-0.05, 0) is 30.3 Å². The van der Waals surface area contributed by atoms with Crippen LogP contribution < -0.4 is 10.1 Å². The predicted molar refractivity (Wildman–Crippen MR) is 77.2 cm³/mol. The maximum Gasteiger partial charge on any atom is 0.251 e. The summed E-state index contributed by atoms with van der Waals surface area (Å²) in [5.74, 6) is 1.24. The molecule has 0 atom stereocenters. The first-order valence-electron chi connectivity index (χ1n) is 6.39. The molecular formula is C16H17NO3. The number of methoxy groups -OCH3 is 1. The summed E-state index contributed by atoms with van der Waals surface area (Å²) in [6, 6.07) is 16.5. The molecule has 0 saturated carbocycles. The van der Waals surface area contributed by atoms with Crippen molar-refractivity contribution in [2.24, 2.45) is 0 Å². The molecule has 2 aromatic rings. The minimum absolute atomic E-state index is 0.138. The lowest BCUT2D eigenvalue weighted by atomic mass is 10.2. The molecule has 0 spiro atoms. The fraction of sp³-hybridized carbons (Fsp3) is 0.188. The molecule has 2 rings (SSSR count). The highest BCUT2D eigenvalue weighted by Gasteiger charge is 2.06. The lowest BCUT2D eigenvalue weighted by molar-refractivity contribution is 0.0937. The lowest BCUT2D eigenvalue weighted by Gasteiger charge is -2.08. The van der Waals surface area contributed by atoms with Crippen LogP contribution in [-0.2, 0) is 4.74 Å². The van der Waals surface area contributed by atoms with Crippen molar-refractivity contribution in [2.45, 2.75) is 0 Å². The smallest absolute Gasteiger partial charge is 0.251 e. The molecule has 20 heavy (non-hydrogen) atoms. The molecule has 1 N–H and O–H groups in total. The number of ether oxygens (including phenoxy) is 2. The van der Waals surface area contributed by atoms with E-state index in [9.17, 15) is 4.79 Å². The fourth-order valence-electron chi connectivity index (χ4n) is 1.69. The van der Waals surface area contributed by atoms with Crippen molar-refractivity contribution in [3.8, 4) is 11.5 Å². The molecule has 0 aliphatic heterocycles. The summed E-state index contributed by atoms with van der Waals surface area (Å²) >= 11 is 0. The molecule has 104 valence electrons. The van der Waals surface area contributed by atoms with E-state index in [-0.39, 0.29) is 5.91 Å². The van der Waals surface area contributed by atoms with Gasteiger partial charge >= 0.3 is 0 Å². The second-order valence-electron chi connectivity index (χ2n) is 4.19. The normalized spacial score (nSPS) is 10.1. The van der Waals surface area contributed by atoms with Gasteiger partial charge in [-0.15, -0.1) is 0 Å². The zero-order valence-electron chi connectivity index (χ0n) is 11.3. The van der Waals surface area contributed by atoms with Crippen LogP contribution in [0.1, 0.15) is 10.4 Å². The van der Waals surface area contributed by atoms with Gasteiger partial charge in [-0.25, -0.2) is 0 Å². The SMILES string of the molecule is COCCNC(=O)c1cccc(Oc2ccccc2)c1. The standard InChI is InChI=1S/C16H17NO3/c1-19-11-10-17-16(18)13-6-5-9-15(12-13)20-14-7-3-2-4-8-14/h2-9,12H,10-11H2,1H3,(H,17,18). The summed E-state index contributed by atoms with van der Waals surface area (Å²) in [4.78, 5) is 11.9. The molecule has 0 fully saturated rings. The molecule has 1 amide bonds. The quantitative estimate of drug-likeness (QED) is 0.822. The maximum absolute atomic E-state index is 11.9. The third-order valence-electron chi connectivity index (χ3n) is 2.67. The van der Waals surface area contributed by atoms with Gasteiger partial charge in [0.1, 0.15) is 11.5 Å². The van der Waals surface area contributed by atoms with Crippen LogP contribution in [0.5, 0.6) is 11.5 Å². The summed E-state index contributed by atoms with van der Waals surface area (Å²) in [5, 5.41) is 2.77. The number of rotatable bonds is 6. The van der Waals surface area contributed by atoms with E-state index in [2.05, 4.69) is 5.32 Å². The van der Waals surface area contributed by atoms with Crippen molar-refractivity contribution in [2.75, 3.05) is 20.3 Å². The zero-order chi connectivity index (χ0) is 14.2. The Morgan fingerprint density at radius 1 is 1.05 bits per heavy atom. The molecule has 0 radical (unpaired) electrons. The minimum Gasteiger partial charge on any atom is -0.457 e. The minimum atomic E-state index is -0.138. The molecule has 4 nitrogen and oxygen atoms in total. The fourth-order valence-corrected chi connectivity index (χ4v) is 1.69. The van der Waals surface area contributed by atoms with Crippen LogP contribution in [0.15, 0.2) is 54.6 Å². The Bertz CT molecular complexity index is 555. The van der Waals surface area contributed by atoms with Gasteiger partial charge in [-0.1, -0.05) is 24.3 Å². The van der Waals surface area contributed by atoms with Gasteiger partial charge in [-0.3, -0.25) is 4.79 Å². The molecule has 4 heteroatoms. The Labute approximate surface area is 118 Å². The number of nitrogens with one attached hydrogen (secondary N) is 1. The van der Waals surface area contributed by atoms with E-state index in [1.165, 1.54) is 0 Å². The Hall–Kier alpha value is -2.33. The van der Waals surface area contributed by atoms with E-state index in [0.717, 1.165) is 5.75 Å². The van der Waals surface area contributed by atoms with Gasteiger partial charge in [-0.2, -0.15) is 0 Å². The number of amides is 1. The number of para-hydroxylation sites is 1. The lowest BCUT2D eigenvalue weighted by Crippen LogP contribution is -2.26. The first kappa shape index (κ1) is 14.1. The van der Waals surface area contributed by atoms with Crippen LogP contribution in [0.4, 0.5) is 0 Å². The van der Waals surface area contributed by atoms with Crippen molar-refractivity contribution in [1.29, 1.82) is 0 Å². The summed E-state index contributed by atoms with van der Waals surface area (Å²) in [5.41, 5.74) is 0.564. The van der Waals surface area contributed by atoms with Crippen LogP contribution in [0, 0.1) is 0 Å². The van der Waals surface area contributed by atoms with Crippen molar-refractivity contribution in [1.82, 2.24) is 5.32 Å². The van der Waals surface area contributed by atoms with Gasteiger partial charge in [0.2, 0.25) is 0 Å². The Morgan fingerprint density at radius 2 is 1.80 bits per heavy atom. The molecular weight excluding hydrogens is 254 g/mol. The Morgan fingerprint density at radius 3 is 2.55 bits per heavy atom. The molecule has 0 saturated heterocycles. The van der Waals surface area contributed by atoms with Crippen LogP contribution in [0.25, 0.3) is 0 Å². The molecule has 0 heterocycles. The number of hydrogen-bond donors (Lipinski definition) is 1. The van der Waals surface area contributed by atoms with Gasteiger partial charge in [0.05, 0.1) is 6.61 Å². The summed E-state index contributed by atoms with van der Waals surface area (Å²) in [6.45, 7) is 0.977. The van der Waals surface area contributed by atoms with Crippen molar-refractivity contribution in [3.05, 3.63) is 60.2 Å². The van der Waals surface area contributed by atoms with Crippen LogP contribution in [0.2, 0.25) is 0 Å². The van der Waals surface area contributed by atoms with E-state index < -0.39 is 0 Å². The van der Waals surface area contributed by atoms with E-state index >= 15 is 0 Å². The van der Waals surface area contributed by atoms with Gasteiger partial charge < -0.3 is 14.8 Å². The van der Waals surface area contributed by atoms with Crippen molar-refractivity contribution in [3.63, 3.8) is 0 Å². The average Bonchev–Trinajstić information content (AvgIpc) is 2.49. The highest BCUT2D eigenvalue weighted by atomic mass is 16.5. The first-order chi connectivity index (χ1) is 9.79. The Kier molecular flexibility index (Phi) is 5.15. The molecule has 0 aliphatic rings. The average molecular weight is 271 g/mol. The second kappa shape index (κ2) is 7.31. The third kappa shape index (κ3) is 4.10. The molecule has 0 bridgehead atoms. The zero-order valence-corrected chi connectivity index (χ0v) is 11.3. The van der Waals surface area contributed by atoms with E-state index in [4.69, 9.17) is 9.47 Å². The monoisotopic (exact) mass is 271 g/mol. The van der Waals surface area contributed by atoms with Crippen LogP contribution >= 0.6 is 0 Å². The van der Waals surface area contributed by atoms with Gasteiger partial charge in [0, 0.05) is 19.2 Å². The maximum atomic E-state index is 11.9. The summed E-state index contributed by atoms with van der Waals surface area (Å²) in [7, 11) is 1.60. The number of benzene rings is 2. The number of carbonyl (C=O) groups is 1. The van der Waals surface area contributed by atoms with Crippen LogP contribution in [0.3, 0.4) is 0 Å². The highest BCUT2D eigenvalue weighted by Crippen LogP contribution is 2.21. The van der Waals surface area contributed by atoms with Crippen molar-refractivity contribution < 1.29 is 14.3 Å². The molecule has 2 aromatic carbocycles. The van der Waals surface area contributed by atoms with Gasteiger partial charge in [0.15, 0.2) is 0 Å². The topological polar surface area (TPSA) is 47.6 Å². The Balaban J connectivity index is 2.02. The molecule has 0 aromatic heterocycles. The van der Waals surface area contributed by atoms with E-state index in [0.29, 0.717) is 24.5 Å². The number of carbonyl (C=O) groups excluding carboxylic acids is 1. The third-order valence-corrected chi connectivity index (χ3v) is 2.67.